The maximum atomic E-state index is 13.2. The van der Waals surface area contributed by atoms with Crippen LogP contribution in [0.15, 0.2) is 24.4 Å². The van der Waals surface area contributed by atoms with E-state index in [1.807, 2.05) is 0 Å². The van der Waals surface area contributed by atoms with Crippen LogP contribution in [0.4, 0.5) is 8.78 Å². The maximum absolute atomic E-state index is 13.2. The minimum atomic E-state index is -3.89. The van der Waals surface area contributed by atoms with Crippen molar-refractivity contribution < 1.29 is 26.7 Å². The van der Waals surface area contributed by atoms with Gasteiger partial charge in [-0.15, -0.1) is 8.78 Å². The number of halogens is 3. The molecule has 0 unspecified atom stereocenters. The van der Waals surface area contributed by atoms with E-state index in [9.17, 15) is 17.2 Å². The Balaban J connectivity index is 2.13. The molecule has 0 radical (unpaired) electrons. The molecule has 0 amide bonds. The number of rotatable bonds is 3. The van der Waals surface area contributed by atoms with Crippen LogP contribution < -0.4 is 9.47 Å². The second-order valence-corrected chi connectivity index (χ2v) is 7.20. The van der Waals surface area contributed by atoms with E-state index in [4.69, 9.17) is 11.6 Å². The van der Waals surface area contributed by atoms with Gasteiger partial charge in [0.15, 0.2) is 11.5 Å². The molecule has 0 bridgehead atoms. The molecule has 0 saturated carbocycles. The Morgan fingerprint density at radius 1 is 1.30 bits per heavy atom. The SMILES string of the molecule is CN(C)S(=O)(=O)n1cc(Cl)c(-c2cccc3c2OC(F)(F)O3)n1. The van der Waals surface area contributed by atoms with E-state index >= 15 is 0 Å². The fraction of sp³-hybridized carbons (Fsp3) is 0.250. The summed E-state index contributed by atoms with van der Waals surface area (Å²) in [7, 11) is -1.25. The van der Waals surface area contributed by atoms with Gasteiger partial charge in [0.2, 0.25) is 0 Å². The predicted octanol–water partition coefficient (Wildman–Crippen LogP) is 2.18. The largest absolute Gasteiger partial charge is 0.586 e. The number of fused-ring (bicyclic) bond motifs is 1. The van der Waals surface area contributed by atoms with E-state index < -0.39 is 16.5 Å². The summed E-state index contributed by atoms with van der Waals surface area (Å²) in [5.74, 6) is -0.444. The van der Waals surface area contributed by atoms with Crippen LogP contribution in [0.3, 0.4) is 0 Å². The standard InChI is InChI=1S/C12H10ClF2N3O4S/c1-17(2)23(19,20)18-6-8(13)10(16-18)7-4-3-5-9-11(7)22-12(14,15)21-9/h3-6H,1-2H3. The molecule has 11 heteroatoms. The number of hydrogen-bond donors (Lipinski definition) is 0. The van der Waals surface area contributed by atoms with Gasteiger partial charge in [0.1, 0.15) is 5.69 Å². The van der Waals surface area contributed by atoms with E-state index in [1.165, 1.54) is 32.3 Å². The summed E-state index contributed by atoms with van der Waals surface area (Å²) in [5, 5.41) is 3.83. The molecule has 1 aliphatic heterocycles. The number of aromatic nitrogens is 2. The molecular formula is C12H10ClF2N3O4S. The van der Waals surface area contributed by atoms with Gasteiger partial charge in [0, 0.05) is 19.7 Å². The number of para-hydroxylation sites is 1. The molecule has 0 saturated heterocycles. The minimum absolute atomic E-state index is 0.0183. The molecule has 124 valence electrons. The molecule has 0 aliphatic carbocycles. The van der Waals surface area contributed by atoms with Crippen molar-refractivity contribution in [3.8, 4) is 22.8 Å². The third kappa shape index (κ3) is 2.62. The molecule has 1 aromatic carbocycles. The number of ether oxygens (including phenoxy) is 2. The monoisotopic (exact) mass is 365 g/mol. The Morgan fingerprint density at radius 2 is 2.00 bits per heavy atom. The topological polar surface area (TPSA) is 73.7 Å². The van der Waals surface area contributed by atoms with Gasteiger partial charge in [-0.05, 0) is 12.1 Å². The fourth-order valence-corrected chi connectivity index (χ4v) is 3.00. The van der Waals surface area contributed by atoms with Crippen LogP contribution in [0.2, 0.25) is 5.02 Å². The lowest BCUT2D eigenvalue weighted by Gasteiger charge is -2.10. The van der Waals surface area contributed by atoms with E-state index in [0.717, 1.165) is 10.5 Å². The number of alkyl halides is 2. The van der Waals surface area contributed by atoms with Crippen LogP contribution in [0.1, 0.15) is 0 Å². The smallest absolute Gasteiger partial charge is 0.395 e. The first-order chi connectivity index (χ1) is 10.6. The van der Waals surface area contributed by atoms with Gasteiger partial charge in [-0.2, -0.15) is 21.9 Å². The molecule has 2 heterocycles. The summed E-state index contributed by atoms with van der Waals surface area (Å²) in [4.78, 5) is 0. The third-order valence-corrected chi connectivity index (χ3v) is 4.89. The first-order valence-corrected chi connectivity index (χ1v) is 7.97. The van der Waals surface area contributed by atoms with E-state index in [-0.39, 0.29) is 27.8 Å². The highest BCUT2D eigenvalue weighted by atomic mass is 35.5. The van der Waals surface area contributed by atoms with Crippen LogP contribution in [0.25, 0.3) is 11.3 Å². The normalized spacial score (nSPS) is 16.1. The molecule has 0 N–H and O–H groups in total. The lowest BCUT2D eigenvalue weighted by atomic mass is 10.1. The van der Waals surface area contributed by atoms with Gasteiger partial charge in [-0.3, -0.25) is 0 Å². The van der Waals surface area contributed by atoms with Gasteiger partial charge in [-0.1, -0.05) is 17.7 Å². The zero-order valence-corrected chi connectivity index (χ0v) is 13.4. The van der Waals surface area contributed by atoms with Crippen molar-refractivity contribution >= 4 is 21.8 Å². The van der Waals surface area contributed by atoms with Gasteiger partial charge >= 0.3 is 16.5 Å². The van der Waals surface area contributed by atoms with Gasteiger partial charge < -0.3 is 9.47 Å². The van der Waals surface area contributed by atoms with Crippen LogP contribution in [0, 0.1) is 0 Å². The van der Waals surface area contributed by atoms with Crippen molar-refractivity contribution in [2.45, 2.75) is 6.29 Å². The highest BCUT2D eigenvalue weighted by Gasteiger charge is 2.45. The predicted molar refractivity (Wildman–Crippen MR) is 76.9 cm³/mol. The van der Waals surface area contributed by atoms with Gasteiger partial charge in [0.05, 0.1) is 11.2 Å². The Labute approximate surface area is 135 Å². The quantitative estimate of drug-likeness (QED) is 0.833. The van der Waals surface area contributed by atoms with Crippen LogP contribution in [-0.4, -0.2) is 42.3 Å². The third-order valence-electron chi connectivity index (χ3n) is 3.03. The fourth-order valence-electron chi connectivity index (χ4n) is 1.96. The lowest BCUT2D eigenvalue weighted by Crippen LogP contribution is -2.29. The molecule has 0 spiro atoms. The lowest BCUT2D eigenvalue weighted by molar-refractivity contribution is -0.286. The maximum Gasteiger partial charge on any atom is 0.586 e. The summed E-state index contributed by atoms with van der Waals surface area (Å²) < 4.78 is 61.0. The molecule has 1 aliphatic rings. The summed E-state index contributed by atoms with van der Waals surface area (Å²) in [5.41, 5.74) is 0.0765. The molecular weight excluding hydrogens is 356 g/mol. The summed E-state index contributed by atoms with van der Waals surface area (Å²) >= 11 is 6.01. The van der Waals surface area contributed by atoms with Crippen molar-refractivity contribution in [3.63, 3.8) is 0 Å². The average molecular weight is 366 g/mol. The second-order valence-electron chi connectivity index (χ2n) is 4.79. The molecule has 0 atom stereocenters. The van der Waals surface area contributed by atoms with E-state index in [2.05, 4.69) is 14.6 Å². The molecule has 0 fully saturated rings. The summed E-state index contributed by atoms with van der Waals surface area (Å²) in [6.45, 7) is 0. The average Bonchev–Trinajstić information content (AvgIpc) is 2.96. The van der Waals surface area contributed by atoms with Crippen molar-refractivity contribution in [2.24, 2.45) is 0 Å². The molecule has 3 rings (SSSR count). The van der Waals surface area contributed by atoms with Crippen molar-refractivity contribution in [3.05, 3.63) is 29.4 Å². The molecule has 2 aromatic rings. The van der Waals surface area contributed by atoms with Gasteiger partial charge in [-0.25, -0.2) is 0 Å². The summed E-state index contributed by atoms with van der Waals surface area (Å²) in [6.07, 6.45) is -2.73. The Bertz CT molecular complexity index is 882. The van der Waals surface area contributed by atoms with Crippen LogP contribution >= 0.6 is 11.6 Å². The molecule has 23 heavy (non-hydrogen) atoms. The zero-order chi connectivity index (χ0) is 17.0. The first kappa shape index (κ1) is 16.0. The number of benzene rings is 1. The Morgan fingerprint density at radius 3 is 2.65 bits per heavy atom. The zero-order valence-electron chi connectivity index (χ0n) is 11.8. The van der Waals surface area contributed by atoms with Gasteiger partial charge in [0.25, 0.3) is 0 Å². The van der Waals surface area contributed by atoms with Crippen molar-refractivity contribution in [1.29, 1.82) is 0 Å². The Kier molecular flexibility index (Phi) is 3.50. The van der Waals surface area contributed by atoms with Crippen molar-refractivity contribution in [2.75, 3.05) is 14.1 Å². The second kappa shape index (κ2) is 5.05. The highest BCUT2D eigenvalue weighted by molar-refractivity contribution is 7.87. The van der Waals surface area contributed by atoms with E-state index in [0.29, 0.717) is 4.09 Å². The van der Waals surface area contributed by atoms with Crippen molar-refractivity contribution in [1.82, 2.24) is 13.5 Å². The Hall–Kier alpha value is -1.91. The van der Waals surface area contributed by atoms with Crippen LogP contribution in [-0.2, 0) is 10.2 Å². The minimum Gasteiger partial charge on any atom is -0.395 e. The molecule has 1 aromatic heterocycles. The van der Waals surface area contributed by atoms with Crippen LogP contribution in [0.5, 0.6) is 11.5 Å². The van der Waals surface area contributed by atoms with E-state index in [1.54, 1.807) is 0 Å². The highest BCUT2D eigenvalue weighted by Crippen LogP contribution is 2.47. The number of hydrogen-bond acceptors (Lipinski definition) is 5. The number of nitrogens with zero attached hydrogens (tertiary/aromatic N) is 3. The summed E-state index contributed by atoms with van der Waals surface area (Å²) in [6, 6.07) is 4.15. The first-order valence-electron chi connectivity index (χ1n) is 6.19. The molecule has 7 nitrogen and oxygen atoms in total.